The molecule has 0 unspecified atom stereocenters. The average Bonchev–Trinajstić information content (AvgIpc) is 3.22. The van der Waals surface area contributed by atoms with E-state index in [1.54, 1.807) is 30.0 Å². The van der Waals surface area contributed by atoms with E-state index in [1.807, 2.05) is 18.2 Å². The number of rotatable bonds is 4. The number of thioether (sulfide) groups is 1. The summed E-state index contributed by atoms with van der Waals surface area (Å²) in [4.78, 5) is 17.2. The zero-order valence-corrected chi connectivity index (χ0v) is 16.1. The minimum Gasteiger partial charge on any atom is -0.346 e. The fourth-order valence-electron chi connectivity index (χ4n) is 2.96. The first-order valence-corrected chi connectivity index (χ1v) is 9.92. The number of carbonyl (C=O) groups excluding carboxylic acids is 1. The van der Waals surface area contributed by atoms with Gasteiger partial charge in [0.15, 0.2) is 5.16 Å². The maximum Gasteiger partial charge on any atom is 0.252 e. The van der Waals surface area contributed by atoms with E-state index in [0.717, 1.165) is 38.9 Å². The highest BCUT2D eigenvalue weighted by Gasteiger charge is 2.23. The summed E-state index contributed by atoms with van der Waals surface area (Å²) in [5, 5.41) is 3.92. The third-order valence-corrected chi connectivity index (χ3v) is 5.88. The predicted molar refractivity (Wildman–Crippen MR) is 104 cm³/mol. The van der Waals surface area contributed by atoms with Crippen molar-refractivity contribution in [3.63, 3.8) is 0 Å². The van der Waals surface area contributed by atoms with Gasteiger partial charge in [-0.1, -0.05) is 23.9 Å². The van der Waals surface area contributed by atoms with Crippen LogP contribution in [-0.2, 0) is 13.1 Å². The largest absolute Gasteiger partial charge is 0.346 e. The first kappa shape index (κ1) is 17.3. The Hall–Kier alpha value is -2.12. The molecule has 0 bridgehead atoms. The van der Waals surface area contributed by atoms with Crippen LogP contribution >= 0.6 is 27.7 Å². The molecule has 0 saturated heterocycles. The molecule has 0 spiro atoms. The zero-order valence-electron chi connectivity index (χ0n) is 13.7. The van der Waals surface area contributed by atoms with Crippen molar-refractivity contribution in [3.8, 4) is 11.3 Å². The Labute approximate surface area is 163 Å². The molecule has 1 amide bonds. The Bertz CT molecular complexity index is 971. The first-order valence-electron chi connectivity index (χ1n) is 8.14. The van der Waals surface area contributed by atoms with Crippen LogP contribution in [0.4, 0.5) is 4.39 Å². The van der Waals surface area contributed by atoms with Crippen molar-refractivity contribution in [2.24, 2.45) is 0 Å². The molecule has 0 aliphatic carbocycles. The van der Waals surface area contributed by atoms with Crippen LogP contribution in [0.2, 0.25) is 0 Å². The number of amides is 1. The van der Waals surface area contributed by atoms with Gasteiger partial charge in [0.25, 0.3) is 5.91 Å². The summed E-state index contributed by atoms with van der Waals surface area (Å²) in [5.41, 5.74) is 3.17. The standard InChI is InChI=1S/C19H15BrFN3OS/c20-15-4-2-1-3-14(15)18(25)22-11-16-17(12-5-7-13(21)8-6-12)23-19-24(16)9-10-26-19/h1-8H,9-11H2,(H,22,25). The lowest BCUT2D eigenvalue weighted by atomic mass is 10.1. The van der Waals surface area contributed by atoms with E-state index in [0.29, 0.717) is 12.1 Å². The van der Waals surface area contributed by atoms with Crippen LogP contribution in [-0.4, -0.2) is 21.2 Å². The van der Waals surface area contributed by atoms with E-state index < -0.39 is 0 Å². The second kappa shape index (κ2) is 7.25. The number of aromatic nitrogens is 2. The number of benzene rings is 2. The van der Waals surface area contributed by atoms with Gasteiger partial charge in [0, 0.05) is 22.3 Å². The van der Waals surface area contributed by atoms with Crippen molar-refractivity contribution >= 4 is 33.6 Å². The SMILES string of the molecule is O=C(NCc1c(-c2ccc(F)cc2)nc2n1CCS2)c1ccccc1Br. The minimum atomic E-state index is -0.279. The van der Waals surface area contributed by atoms with Crippen molar-refractivity contribution in [3.05, 3.63) is 70.1 Å². The van der Waals surface area contributed by atoms with E-state index in [1.165, 1.54) is 12.1 Å². The molecule has 0 saturated carbocycles. The summed E-state index contributed by atoms with van der Waals surface area (Å²) in [7, 11) is 0. The third kappa shape index (κ3) is 3.29. The van der Waals surface area contributed by atoms with Crippen molar-refractivity contribution in [2.45, 2.75) is 18.2 Å². The number of halogens is 2. The van der Waals surface area contributed by atoms with Gasteiger partial charge in [-0.05, 0) is 52.3 Å². The Balaban J connectivity index is 1.63. The molecular formula is C19H15BrFN3OS. The highest BCUT2D eigenvalue weighted by atomic mass is 79.9. The second-order valence-corrected chi connectivity index (χ2v) is 7.78. The van der Waals surface area contributed by atoms with E-state index in [9.17, 15) is 9.18 Å². The summed E-state index contributed by atoms with van der Waals surface area (Å²) in [6, 6.07) is 13.6. The van der Waals surface area contributed by atoms with E-state index in [-0.39, 0.29) is 11.7 Å². The quantitative estimate of drug-likeness (QED) is 0.661. The van der Waals surface area contributed by atoms with Crippen molar-refractivity contribution < 1.29 is 9.18 Å². The number of fused-ring (bicyclic) bond motifs is 1. The van der Waals surface area contributed by atoms with Gasteiger partial charge in [-0.3, -0.25) is 4.79 Å². The molecule has 4 nitrogen and oxygen atoms in total. The normalized spacial score (nSPS) is 12.8. The smallest absolute Gasteiger partial charge is 0.252 e. The molecule has 7 heteroatoms. The van der Waals surface area contributed by atoms with Gasteiger partial charge in [-0.25, -0.2) is 9.37 Å². The van der Waals surface area contributed by atoms with Crippen molar-refractivity contribution in [2.75, 3.05) is 5.75 Å². The maximum atomic E-state index is 13.3. The van der Waals surface area contributed by atoms with Crippen LogP contribution in [0.3, 0.4) is 0 Å². The van der Waals surface area contributed by atoms with E-state index >= 15 is 0 Å². The topological polar surface area (TPSA) is 46.9 Å². The number of nitrogens with one attached hydrogen (secondary N) is 1. The number of hydrogen-bond acceptors (Lipinski definition) is 3. The molecule has 132 valence electrons. The van der Waals surface area contributed by atoms with Crippen LogP contribution in [0.15, 0.2) is 58.2 Å². The Kier molecular flexibility index (Phi) is 4.82. The van der Waals surface area contributed by atoms with Crippen molar-refractivity contribution in [1.82, 2.24) is 14.9 Å². The number of nitrogens with zero attached hydrogens (tertiary/aromatic N) is 2. The molecule has 26 heavy (non-hydrogen) atoms. The van der Waals surface area contributed by atoms with Gasteiger partial charge in [0.1, 0.15) is 5.82 Å². The summed E-state index contributed by atoms with van der Waals surface area (Å²) in [5.74, 6) is 0.541. The summed E-state index contributed by atoms with van der Waals surface area (Å²) in [6.45, 7) is 1.22. The molecular weight excluding hydrogens is 417 g/mol. The molecule has 2 heterocycles. The van der Waals surface area contributed by atoms with E-state index in [4.69, 9.17) is 4.98 Å². The number of hydrogen-bond donors (Lipinski definition) is 1. The van der Waals surface area contributed by atoms with Crippen LogP contribution in [0, 0.1) is 5.82 Å². The van der Waals surface area contributed by atoms with Gasteiger partial charge in [0.05, 0.1) is 23.5 Å². The summed E-state index contributed by atoms with van der Waals surface area (Å²) >= 11 is 5.10. The fraction of sp³-hybridized carbons (Fsp3) is 0.158. The molecule has 4 rings (SSSR count). The first-order chi connectivity index (χ1) is 12.6. The highest BCUT2D eigenvalue weighted by Crippen LogP contribution is 2.33. The lowest BCUT2D eigenvalue weighted by Crippen LogP contribution is -2.25. The molecule has 0 radical (unpaired) electrons. The monoisotopic (exact) mass is 431 g/mol. The summed E-state index contributed by atoms with van der Waals surface area (Å²) < 4.78 is 16.1. The molecule has 0 atom stereocenters. The van der Waals surface area contributed by atoms with Gasteiger partial charge < -0.3 is 9.88 Å². The summed E-state index contributed by atoms with van der Waals surface area (Å²) in [6.07, 6.45) is 0. The zero-order chi connectivity index (χ0) is 18.1. The van der Waals surface area contributed by atoms with Crippen LogP contribution in [0.25, 0.3) is 11.3 Å². The van der Waals surface area contributed by atoms with Gasteiger partial charge in [-0.2, -0.15) is 0 Å². The Morgan fingerprint density at radius 3 is 2.77 bits per heavy atom. The molecule has 1 aromatic heterocycles. The highest BCUT2D eigenvalue weighted by molar-refractivity contribution is 9.10. The van der Waals surface area contributed by atoms with Crippen LogP contribution in [0.1, 0.15) is 16.1 Å². The predicted octanol–water partition coefficient (Wildman–Crippen LogP) is 4.49. The van der Waals surface area contributed by atoms with E-state index in [2.05, 4.69) is 25.8 Å². The molecule has 3 aromatic rings. The lowest BCUT2D eigenvalue weighted by molar-refractivity contribution is 0.0949. The van der Waals surface area contributed by atoms with Gasteiger partial charge in [-0.15, -0.1) is 0 Å². The lowest BCUT2D eigenvalue weighted by Gasteiger charge is -2.10. The van der Waals surface area contributed by atoms with Crippen LogP contribution in [0.5, 0.6) is 0 Å². The molecule has 0 fully saturated rings. The second-order valence-electron chi connectivity index (χ2n) is 5.86. The molecule has 2 aromatic carbocycles. The third-order valence-electron chi connectivity index (χ3n) is 4.24. The number of imidazole rings is 1. The van der Waals surface area contributed by atoms with Crippen LogP contribution < -0.4 is 5.32 Å². The fourth-order valence-corrected chi connectivity index (χ4v) is 4.39. The molecule has 1 N–H and O–H groups in total. The number of carbonyl (C=O) groups is 1. The van der Waals surface area contributed by atoms with Gasteiger partial charge in [0.2, 0.25) is 0 Å². The minimum absolute atomic E-state index is 0.149. The molecule has 1 aliphatic rings. The average molecular weight is 432 g/mol. The van der Waals surface area contributed by atoms with Gasteiger partial charge >= 0.3 is 0 Å². The Morgan fingerprint density at radius 1 is 1.23 bits per heavy atom. The Morgan fingerprint density at radius 2 is 2.00 bits per heavy atom. The maximum absolute atomic E-state index is 13.3. The molecule has 1 aliphatic heterocycles. The van der Waals surface area contributed by atoms with Crippen molar-refractivity contribution in [1.29, 1.82) is 0 Å².